The molecule has 0 aromatic heterocycles. The summed E-state index contributed by atoms with van der Waals surface area (Å²) in [6, 6.07) is 8.05. The smallest absolute Gasteiger partial charge is 0.192 e. The van der Waals surface area contributed by atoms with E-state index in [0.717, 1.165) is 11.1 Å². The maximum Gasteiger partial charge on any atom is 0.192 e. The van der Waals surface area contributed by atoms with Gasteiger partial charge in [-0.3, -0.25) is 9.59 Å². The molecule has 2 heterocycles. The molecule has 0 spiro atoms. The lowest BCUT2D eigenvalue weighted by atomic mass is 9.81. The molecule has 1 aromatic carbocycles. The van der Waals surface area contributed by atoms with Crippen LogP contribution in [0.5, 0.6) is 0 Å². The van der Waals surface area contributed by atoms with Crippen LogP contribution in [0.1, 0.15) is 66.5 Å². The summed E-state index contributed by atoms with van der Waals surface area (Å²) in [4.78, 5) is 25.4. The third-order valence-corrected chi connectivity index (χ3v) is 5.95. The Labute approximate surface area is 168 Å². The van der Waals surface area contributed by atoms with Crippen molar-refractivity contribution in [3.05, 3.63) is 41.0 Å². The SMILES string of the molecule is CC1(C)OC(C)(C)C(=Cc2ccc(CC3C(=O)C(C)(C)OC3(C)C)cc2)C1=O. The largest absolute Gasteiger partial charge is 0.361 e. The molecular formula is C24H32O4. The van der Waals surface area contributed by atoms with Crippen LogP contribution in [0.25, 0.3) is 6.08 Å². The third kappa shape index (κ3) is 3.60. The predicted octanol–water partition coefficient (Wildman–Crippen LogP) is 4.54. The van der Waals surface area contributed by atoms with E-state index in [1.807, 2.05) is 85.7 Å². The van der Waals surface area contributed by atoms with Crippen molar-refractivity contribution in [2.45, 2.75) is 84.2 Å². The van der Waals surface area contributed by atoms with Gasteiger partial charge in [0.1, 0.15) is 11.2 Å². The number of rotatable bonds is 3. The molecule has 1 atom stereocenters. The molecule has 1 unspecified atom stereocenters. The summed E-state index contributed by atoms with van der Waals surface area (Å²) in [5.74, 6) is 0.0110. The minimum absolute atomic E-state index is 0.0271. The third-order valence-electron chi connectivity index (χ3n) is 5.95. The van der Waals surface area contributed by atoms with Crippen molar-refractivity contribution >= 4 is 17.6 Å². The Morgan fingerprint density at radius 1 is 0.821 bits per heavy atom. The summed E-state index contributed by atoms with van der Waals surface area (Å²) in [7, 11) is 0. The average Bonchev–Trinajstić information content (AvgIpc) is 2.79. The van der Waals surface area contributed by atoms with E-state index >= 15 is 0 Å². The number of hydrogen-bond acceptors (Lipinski definition) is 4. The van der Waals surface area contributed by atoms with Crippen LogP contribution in [0.15, 0.2) is 29.8 Å². The summed E-state index contributed by atoms with van der Waals surface area (Å²) in [6.07, 6.45) is 2.56. The second-order valence-corrected chi connectivity index (χ2v) is 10.1. The Kier molecular flexibility index (Phi) is 4.76. The zero-order valence-corrected chi connectivity index (χ0v) is 18.3. The molecular weight excluding hydrogens is 352 g/mol. The van der Waals surface area contributed by atoms with Crippen molar-refractivity contribution in [3.8, 4) is 0 Å². The van der Waals surface area contributed by atoms with Crippen LogP contribution in [-0.4, -0.2) is 34.0 Å². The summed E-state index contributed by atoms with van der Waals surface area (Å²) >= 11 is 0. The van der Waals surface area contributed by atoms with Crippen molar-refractivity contribution < 1.29 is 19.1 Å². The second-order valence-electron chi connectivity index (χ2n) is 10.1. The molecule has 0 saturated carbocycles. The van der Waals surface area contributed by atoms with E-state index in [0.29, 0.717) is 12.0 Å². The van der Waals surface area contributed by atoms with Crippen molar-refractivity contribution in [1.29, 1.82) is 0 Å². The van der Waals surface area contributed by atoms with E-state index in [1.54, 1.807) is 0 Å². The van der Waals surface area contributed by atoms with Gasteiger partial charge in [-0.25, -0.2) is 0 Å². The minimum atomic E-state index is -0.795. The van der Waals surface area contributed by atoms with Crippen molar-refractivity contribution in [2.24, 2.45) is 5.92 Å². The number of hydrogen-bond donors (Lipinski definition) is 0. The summed E-state index contributed by atoms with van der Waals surface area (Å²) in [5, 5.41) is 0. The average molecular weight is 385 g/mol. The fraction of sp³-hybridized carbons (Fsp3) is 0.583. The van der Waals surface area contributed by atoms with Crippen LogP contribution < -0.4 is 0 Å². The van der Waals surface area contributed by atoms with E-state index in [2.05, 4.69) is 0 Å². The van der Waals surface area contributed by atoms with E-state index in [9.17, 15) is 9.59 Å². The topological polar surface area (TPSA) is 52.6 Å². The van der Waals surface area contributed by atoms with Gasteiger partial charge in [0.05, 0.1) is 17.1 Å². The molecule has 2 fully saturated rings. The number of ether oxygens (including phenoxy) is 2. The Morgan fingerprint density at radius 3 is 1.82 bits per heavy atom. The molecule has 1 aromatic rings. The number of Topliss-reactive ketones (excluding diaryl/α,β-unsaturated/α-hetero) is 2. The molecule has 28 heavy (non-hydrogen) atoms. The van der Waals surface area contributed by atoms with Gasteiger partial charge in [0, 0.05) is 5.57 Å². The van der Waals surface area contributed by atoms with Crippen LogP contribution >= 0.6 is 0 Å². The van der Waals surface area contributed by atoms with Crippen LogP contribution in [0.4, 0.5) is 0 Å². The van der Waals surface area contributed by atoms with Crippen molar-refractivity contribution in [1.82, 2.24) is 0 Å². The van der Waals surface area contributed by atoms with Gasteiger partial charge in [0.2, 0.25) is 0 Å². The lowest BCUT2D eigenvalue weighted by molar-refractivity contribution is -0.132. The van der Waals surface area contributed by atoms with Gasteiger partial charge in [0.25, 0.3) is 0 Å². The zero-order chi connectivity index (χ0) is 21.1. The molecule has 2 aliphatic heterocycles. The molecule has 2 saturated heterocycles. The quantitative estimate of drug-likeness (QED) is 0.718. The van der Waals surface area contributed by atoms with E-state index < -0.39 is 22.4 Å². The molecule has 0 bridgehead atoms. The Balaban J connectivity index is 1.82. The number of ketones is 2. The summed E-state index contributed by atoms with van der Waals surface area (Å²) in [5.41, 5.74) is 0.106. The first-order valence-electron chi connectivity index (χ1n) is 9.96. The van der Waals surface area contributed by atoms with Crippen LogP contribution in [0.3, 0.4) is 0 Å². The van der Waals surface area contributed by atoms with Crippen LogP contribution in [0, 0.1) is 5.92 Å². The second kappa shape index (κ2) is 6.36. The highest BCUT2D eigenvalue weighted by Gasteiger charge is 2.53. The van der Waals surface area contributed by atoms with E-state index in [4.69, 9.17) is 9.47 Å². The number of carbonyl (C=O) groups excluding carboxylic acids is 2. The molecule has 4 nitrogen and oxygen atoms in total. The molecule has 0 aliphatic carbocycles. The monoisotopic (exact) mass is 384 g/mol. The van der Waals surface area contributed by atoms with Gasteiger partial charge >= 0.3 is 0 Å². The van der Waals surface area contributed by atoms with Crippen LogP contribution in [-0.2, 0) is 25.5 Å². The predicted molar refractivity (Wildman–Crippen MR) is 110 cm³/mol. The molecule has 0 amide bonds. The standard InChI is InChI=1S/C24H32O4/c1-21(2)17(19(25)23(5,6)27-21)13-15-9-11-16(12-10-15)14-18-20(26)24(7,8)28-22(18,3)4/h9-13,18H,14H2,1-8H3. The zero-order valence-electron chi connectivity index (χ0n) is 18.3. The fourth-order valence-electron chi connectivity index (χ4n) is 4.58. The summed E-state index contributed by atoms with van der Waals surface area (Å²) in [6.45, 7) is 15.1. The molecule has 0 radical (unpaired) electrons. The first-order chi connectivity index (χ1) is 12.7. The molecule has 152 valence electrons. The molecule has 0 N–H and O–H groups in total. The maximum atomic E-state index is 12.7. The van der Waals surface area contributed by atoms with Gasteiger partial charge < -0.3 is 9.47 Å². The first-order valence-corrected chi connectivity index (χ1v) is 9.96. The van der Waals surface area contributed by atoms with Crippen LogP contribution in [0.2, 0.25) is 0 Å². The van der Waals surface area contributed by atoms with Gasteiger partial charge in [-0.15, -0.1) is 0 Å². The molecule has 2 aliphatic rings. The molecule has 4 heteroatoms. The molecule has 3 rings (SSSR count). The van der Waals surface area contributed by atoms with E-state index in [-0.39, 0.29) is 17.5 Å². The van der Waals surface area contributed by atoms with Gasteiger partial charge in [-0.2, -0.15) is 0 Å². The Hall–Kier alpha value is -1.78. The highest BCUT2D eigenvalue weighted by atomic mass is 16.5. The van der Waals surface area contributed by atoms with E-state index in [1.165, 1.54) is 0 Å². The number of benzene rings is 1. The normalized spacial score (nSPS) is 28.9. The highest BCUT2D eigenvalue weighted by molar-refractivity contribution is 6.08. The van der Waals surface area contributed by atoms with Gasteiger partial charge in [-0.05, 0) is 79.0 Å². The lowest BCUT2D eigenvalue weighted by Crippen LogP contribution is -2.32. The van der Waals surface area contributed by atoms with Gasteiger partial charge in [-0.1, -0.05) is 24.3 Å². The lowest BCUT2D eigenvalue weighted by Gasteiger charge is -2.25. The Bertz CT molecular complexity index is 838. The minimum Gasteiger partial charge on any atom is -0.361 e. The fourth-order valence-corrected chi connectivity index (χ4v) is 4.58. The summed E-state index contributed by atoms with van der Waals surface area (Å²) < 4.78 is 11.9. The number of carbonyl (C=O) groups is 2. The van der Waals surface area contributed by atoms with Crippen molar-refractivity contribution in [3.63, 3.8) is 0 Å². The Morgan fingerprint density at radius 2 is 1.39 bits per heavy atom. The van der Waals surface area contributed by atoms with Gasteiger partial charge in [0.15, 0.2) is 11.6 Å². The maximum absolute atomic E-state index is 12.7. The highest BCUT2D eigenvalue weighted by Crippen LogP contribution is 2.41. The van der Waals surface area contributed by atoms with Crippen molar-refractivity contribution in [2.75, 3.05) is 0 Å². The first kappa shape index (κ1) is 20.9.